The van der Waals surface area contributed by atoms with E-state index in [0.29, 0.717) is 5.92 Å². The molecule has 2 aromatic carbocycles. The number of aromatic nitrogens is 1. The largest absolute Gasteiger partial charge is 0.497 e. The normalized spacial score (nSPS) is 16.5. The van der Waals surface area contributed by atoms with Gasteiger partial charge in [0.2, 0.25) is 0 Å². The molecule has 1 aliphatic rings. The molecule has 3 nitrogen and oxygen atoms in total. The molecule has 124 valence electrons. The van der Waals surface area contributed by atoms with Crippen molar-refractivity contribution in [1.29, 1.82) is 0 Å². The fourth-order valence-electron chi connectivity index (χ4n) is 3.43. The van der Waals surface area contributed by atoms with Crippen LogP contribution in [0.25, 0.3) is 10.2 Å². The first-order chi connectivity index (χ1) is 11.8. The van der Waals surface area contributed by atoms with Gasteiger partial charge in [-0.05, 0) is 55.8 Å². The number of benzene rings is 2. The SMILES string of the molecule is COc1cccc(CN2CCC(c3nc4ccccc4s3)CC2)c1. The van der Waals surface area contributed by atoms with Gasteiger partial charge in [0, 0.05) is 12.5 Å². The van der Waals surface area contributed by atoms with Crippen LogP contribution in [0.4, 0.5) is 0 Å². The summed E-state index contributed by atoms with van der Waals surface area (Å²) in [6.45, 7) is 3.28. The van der Waals surface area contributed by atoms with Crippen molar-refractivity contribution in [1.82, 2.24) is 9.88 Å². The van der Waals surface area contributed by atoms with Crippen molar-refractivity contribution >= 4 is 21.6 Å². The summed E-state index contributed by atoms with van der Waals surface area (Å²) in [5.74, 6) is 1.56. The highest BCUT2D eigenvalue weighted by atomic mass is 32.1. The highest BCUT2D eigenvalue weighted by Crippen LogP contribution is 2.34. The summed E-state index contributed by atoms with van der Waals surface area (Å²) < 4.78 is 6.63. The first kappa shape index (κ1) is 15.6. The van der Waals surface area contributed by atoms with E-state index < -0.39 is 0 Å². The summed E-state index contributed by atoms with van der Waals surface area (Å²) in [4.78, 5) is 7.39. The molecule has 4 heteroatoms. The number of nitrogens with zero attached hydrogens (tertiary/aromatic N) is 2. The maximum Gasteiger partial charge on any atom is 0.119 e. The zero-order chi connectivity index (χ0) is 16.4. The lowest BCUT2D eigenvalue weighted by atomic mass is 9.97. The van der Waals surface area contributed by atoms with Gasteiger partial charge in [0.1, 0.15) is 5.75 Å². The van der Waals surface area contributed by atoms with Crippen LogP contribution in [0.3, 0.4) is 0 Å². The summed E-state index contributed by atoms with van der Waals surface area (Å²) in [7, 11) is 1.72. The number of piperidine rings is 1. The minimum Gasteiger partial charge on any atom is -0.497 e. The van der Waals surface area contributed by atoms with Gasteiger partial charge < -0.3 is 4.74 Å². The van der Waals surface area contributed by atoms with Crippen molar-refractivity contribution in [3.8, 4) is 5.75 Å². The molecule has 0 atom stereocenters. The molecule has 0 radical (unpaired) electrons. The Bertz CT molecular complexity index is 788. The number of likely N-dealkylation sites (tertiary alicyclic amines) is 1. The zero-order valence-electron chi connectivity index (χ0n) is 13.9. The Labute approximate surface area is 146 Å². The van der Waals surface area contributed by atoms with E-state index in [9.17, 15) is 0 Å². The predicted octanol–water partition coefficient (Wildman–Crippen LogP) is 4.68. The molecule has 1 fully saturated rings. The third-order valence-electron chi connectivity index (χ3n) is 4.79. The Morgan fingerprint density at radius 2 is 1.96 bits per heavy atom. The van der Waals surface area contributed by atoms with Gasteiger partial charge in [-0.25, -0.2) is 4.98 Å². The maximum absolute atomic E-state index is 5.32. The fraction of sp³-hybridized carbons (Fsp3) is 0.350. The highest BCUT2D eigenvalue weighted by molar-refractivity contribution is 7.18. The van der Waals surface area contributed by atoms with Crippen molar-refractivity contribution in [2.45, 2.75) is 25.3 Å². The van der Waals surface area contributed by atoms with Crippen molar-refractivity contribution in [2.24, 2.45) is 0 Å². The smallest absolute Gasteiger partial charge is 0.119 e. The molecule has 0 spiro atoms. The molecule has 0 amide bonds. The molecule has 2 heterocycles. The Hall–Kier alpha value is -1.91. The second-order valence-electron chi connectivity index (χ2n) is 6.42. The van der Waals surface area contributed by atoms with Crippen LogP contribution in [-0.4, -0.2) is 30.1 Å². The van der Waals surface area contributed by atoms with E-state index >= 15 is 0 Å². The van der Waals surface area contributed by atoms with E-state index in [1.807, 2.05) is 17.4 Å². The molecule has 1 aliphatic heterocycles. The van der Waals surface area contributed by atoms with Crippen LogP contribution >= 0.6 is 11.3 Å². The van der Waals surface area contributed by atoms with Gasteiger partial charge in [-0.2, -0.15) is 0 Å². The number of para-hydroxylation sites is 1. The summed E-state index contributed by atoms with van der Waals surface area (Å²) in [6.07, 6.45) is 2.40. The van der Waals surface area contributed by atoms with E-state index in [4.69, 9.17) is 9.72 Å². The molecule has 24 heavy (non-hydrogen) atoms. The molecule has 0 saturated carbocycles. The van der Waals surface area contributed by atoms with Crippen molar-refractivity contribution in [3.05, 3.63) is 59.1 Å². The van der Waals surface area contributed by atoms with Gasteiger partial charge in [-0.15, -0.1) is 11.3 Å². The minimum atomic E-state index is 0.615. The molecule has 3 aromatic rings. The predicted molar refractivity (Wildman–Crippen MR) is 99.9 cm³/mol. The number of hydrogen-bond acceptors (Lipinski definition) is 4. The van der Waals surface area contributed by atoms with Crippen LogP contribution in [-0.2, 0) is 6.54 Å². The quantitative estimate of drug-likeness (QED) is 0.690. The lowest BCUT2D eigenvalue weighted by Crippen LogP contribution is -2.32. The molecule has 0 bridgehead atoms. The fourth-order valence-corrected chi connectivity index (χ4v) is 4.57. The van der Waals surface area contributed by atoms with Gasteiger partial charge in [0.05, 0.1) is 22.3 Å². The van der Waals surface area contributed by atoms with Crippen molar-refractivity contribution in [3.63, 3.8) is 0 Å². The van der Waals surface area contributed by atoms with Gasteiger partial charge in [0.25, 0.3) is 0 Å². The van der Waals surface area contributed by atoms with Crippen LogP contribution in [0, 0.1) is 0 Å². The lowest BCUT2D eigenvalue weighted by molar-refractivity contribution is 0.204. The molecule has 1 saturated heterocycles. The minimum absolute atomic E-state index is 0.615. The Balaban J connectivity index is 1.39. The summed E-state index contributed by atoms with van der Waals surface area (Å²) in [5, 5.41) is 1.32. The highest BCUT2D eigenvalue weighted by Gasteiger charge is 2.23. The number of thiazole rings is 1. The van der Waals surface area contributed by atoms with Crippen molar-refractivity contribution < 1.29 is 4.74 Å². The Morgan fingerprint density at radius 3 is 2.75 bits per heavy atom. The first-order valence-electron chi connectivity index (χ1n) is 8.52. The second kappa shape index (κ2) is 6.91. The van der Waals surface area contributed by atoms with E-state index in [0.717, 1.165) is 30.9 Å². The van der Waals surface area contributed by atoms with Crippen LogP contribution < -0.4 is 4.74 Å². The number of rotatable bonds is 4. The topological polar surface area (TPSA) is 25.4 Å². The summed E-state index contributed by atoms with van der Waals surface area (Å²) in [5.41, 5.74) is 2.48. The number of methoxy groups -OCH3 is 1. The van der Waals surface area contributed by atoms with E-state index in [1.165, 1.54) is 28.1 Å². The zero-order valence-corrected chi connectivity index (χ0v) is 14.8. The van der Waals surface area contributed by atoms with E-state index in [2.05, 4.69) is 47.4 Å². The number of hydrogen-bond donors (Lipinski definition) is 0. The molecule has 0 aliphatic carbocycles. The Kier molecular flexibility index (Phi) is 4.50. The number of ether oxygens (including phenoxy) is 1. The van der Waals surface area contributed by atoms with Crippen molar-refractivity contribution in [2.75, 3.05) is 20.2 Å². The standard InChI is InChI=1S/C20H22N2OS/c1-23-17-6-4-5-15(13-17)14-22-11-9-16(10-12-22)20-21-18-7-2-3-8-19(18)24-20/h2-8,13,16H,9-12,14H2,1H3. The summed E-state index contributed by atoms with van der Waals surface area (Å²) in [6, 6.07) is 16.9. The van der Waals surface area contributed by atoms with E-state index in [1.54, 1.807) is 7.11 Å². The average molecular weight is 338 g/mol. The van der Waals surface area contributed by atoms with E-state index in [-0.39, 0.29) is 0 Å². The molecular weight excluding hydrogens is 316 g/mol. The Morgan fingerprint density at radius 1 is 1.12 bits per heavy atom. The lowest BCUT2D eigenvalue weighted by Gasteiger charge is -2.31. The van der Waals surface area contributed by atoms with Gasteiger partial charge in [-0.3, -0.25) is 4.90 Å². The monoisotopic (exact) mass is 338 g/mol. The van der Waals surface area contributed by atoms with Crippen LogP contribution in [0.5, 0.6) is 5.75 Å². The third-order valence-corrected chi connectivity index (χ3v) is 5.99. The first-order valence-corrected chi connectivity index (χ1v) is 9.34. The van der Waals surface area contributed by atoms with Gasteiger partial charge >= 0.3 is 0 Å². The average Bonchev–Trinajstić information content (AvgIpc) is 3.06. The van der Waals surface area contributed by atoms with Crippen LogP contribution in [0.15, 0.2) is 48.5 Å². The van der Waals surface area contributed by atoms with Gasteiger partial charge in [-0.1, -0.05) is 24.3 Å². The summed E-state index contributed by atoms with van der Waals surface area (Å²) >= 11 is 1.87. The molecule has 0 unspecified atom stereocenters. The molecule has 0 N–H and O–H groups in total. The third kappa shape index (κ3) is 3.30. The molecule has 1 aromatic heterocycles. The maximum atomic E-state index is 5.32. The number of fused-ring (bicyclic) bond motifs is 1. The van der Waals surface area contributed by atoms with Crippen LogP contribution in [0.1, 0.15) is 29.3 Å². The van der Waals surface area contributed by atoms with Crippen LogP contribution in [0.2, 0.25) is 0 Å². The molecular formula is C20H22N2OS. The van der Waals surface area contributed by atoms with Gasteiger partial charge in [0.15, 0.2) is 0 Å². The molecule has 4 rings (SSSR count). The second-order valence-corrected chi connectivity index (χ2v) is 7.48.